The van der Waals surface area contributed by atoms with Crippen LogP contribution in [-0.2, 0) is 25.5 Å². The van der Waals surface area contributed by atoms with Crippen LogP contribution in [0.5, 0.6) is 0 Å². The van der Waals surface area contributed by atoms with Gasteiger partial charge in [0.25, 0.3) is 0 Å². The summed E-state index contributed by atoms with van der Waals surface area (Å²) in [6, 6.07) is 5.94. The number of nitrogens with zero attached hydrogens (tertiary/aromatic N) is 1. The second-order valence-electron chi connectivity index (χ2n) is 10.9. The molecule has 1 fully saturated rings. The van der Waals surface area contributed by atoms with Crippen molar-refractivity contribution in [1.82, 2.24) is 20.5 Å². The average Bonchev–Trinajstić information content (AvgIpc) is 3.23. The normalized spacial score (nSPS) is 16.3. The maximum absolute atomic E-state index is 13.6. The Hall–Kier alpha value is -3.56. The summed E-state index contributed by atoms with van der Waals surface area (Å²) in [6.45, 7) is 9.42. The number of H-pyrrole nitrogens is 1. The number of amides is 3. The van der Waals surface area contributed by atoms with Gasteiger partial charge in [0.15, 0.2) is 0 Å². The maximum atomic E-state index is 13.6. The molecule has 1 aliphatic heterocycles. The Morgan fingerprint density at radius 2 is 1.76 bits per heavy atom. The fourth-order valence-electron chi connectivity index (χ4n) is 4.54. The minimum Gasteiger partial charge on any atom is -0.480 e. The van der Waals surface area contributed by atoms with Crippen LogP contribution in [0.4, 0.5) is 4.79 Å². The number of piperidine rings is 1. The summed E-state index contributed by atoms with van der Waals surface area (Å²) in [5, 5.41) is 15.7. The smallest absolute Gasteiger partial charge is 0.408 e. The number of nitrogens with one attached hydrogen (secondary N) is 3. The average molecular weight is 515 g/mol. The third-order valence-electron chi connectivity index (χ3n) is 6.50. The molecule has 10 nitrogen and oxygen atoms in total. The van der Waals surface area contributed by atoms with Gasteiger partial charge in [-0.2, -0.15) is 0 Å². The first-order valence-electron chi connectivity index (χ1n) is 12.7. The predicted octanol–water partition coefficient (Wildman–Crippen LogP) is 3.07. The highest BCUT2D eigenvalue weighted by Gasteiger charge is 2.34. The molecule has 0 spiro atoms. The van der Waals surface area contributed by atoms with Crippen LogP contribution in [0.1, 0.15) is 53.0 Å². The number of rotatable bonds is 8. The number of carboxylic acids is 1. The van der Waals surface area contributed by atoms with E-state index in [0.29, 0.717) is 25.9 Å². The number of hydrogen-bond donors (Lipinski definition) is 4. The van der Waals surface area contributed by atoms with Gasteiger partial charge in [-0.1, -0.05) is 32.0 Å². The fraction of sp³-hybridized carbons (Fsp3) is 0.556. The molecule has 202 valence electrons. The summed E-state index contributed by atoms with van der Waals surface area (Å²) in [5.41, 5.74) is 1.12. The highest BCUT2D eigenvalue weighted by atomic mass is 16.6. The molecule has 0 radical (unpaired) electrons. The zero-order valence-electron chi connectivity index (χ0n) is 22.2. The van der Waals surface area contributed by atoms with Gasteiger partial charge in [0.1, 0.15) is 17.7 Å². The van der Waals surface area contributed by atoms with Gasteiger partial charge in [0.05, 0.1) is 0 Å². The molecule has 37 heavy (non-hydrogen) atoms. The second-order valence-corrected chi connectivity index (χ2v) is 10.9. The molecule has 2 heterocycles. The largest absolute Gasteiger partial charge is 0.480 e. The first kappa shape index (κ1) is 28.0. The lowest BCUT2D eigenvalue weighted by Gasteiger charge is -2.34. The molecular weight excluding hydrogens is 476 g/mol. The number of benzene rings is 1. The van der Waals surface area contributed by atoms with E-state index in [4.69, 9.17) is 4.74 Å². The molecule has 3 amide bonds. The topological polar surface area (TPSA) is 141 Å². The highest BCUT2D eigenvalue weighted by Crippen LogP contribution is 2.23. The van der Waals surface area contributed by atoms with E-state index in [0.717, 1.165) is 16.5 Å². The van der Waals surface area contributed by atoms with Crippen LogP contribution in [0.3, 0.4) is 0 Å². The van der Waals surface area contributed by atoms with Crippen molar-refractivity contribution in [3.63, 3.8) is 0 Å². The van der Waals surface area contributed by atoms with Crippen molar-refractivity contribution in [3.05, 3.63) is 36.0 Å². The van der Waals surface area contributed by atoms with Crippen molar-refractivity contribution in [1.29, 1.82) is 0 Å². The molecule has 1 aliphatic rings. The van der Waals surface area contributed by atoms with Gasteiger partial charge in [-0.15, -0.1) is 0 Å². The number of hydrogen-bond acceptors (Lipinski definition) is 5. The van der Waals surface area contributed by atoms with Crippen molar-refractivity contribution >= 4 is 34.8 Å². The van der Waals surface area contributed by atoms with Crippen molar-refractivity contribution in [2.24, 2.45) is 11.8 Å². The SMILES string of the molecule is CC(C)[C@H](NC(=O)C1CCN(C(=O)[C@H](Cc2c[nH]c3ccccc23)NC(=O)OC(C)(C)C)CC1)C(=O)O. The van der Waals surface area contributed by atoms with E-state index in [-0.39, 0.29) is 30.1 Å². The first-order chi connectivity index (χ1) is 17.4. The van der Waals surface area contributed by atoms with Crippen molar-refractivity contribution in [2.45, 2.75) is 71.6 Å². The summed E-state index contributed by atoms with van der Waals surface area (Å²) < 4.78 is 5.41. The van der Waals surface area contributed by atoms with E-state index < -0.39 is 29.7 Å². The number of likely N-dealkylation sites (tertiary alicyclic amines) is 1. The molecule has 0 unspecified atom stereocenters. The fourth-order valence-corrected chi connectivity index (χ4v) is 4.54. The molecule has 3 rings (SSSR count). The lowest BCUT2D eigenvalue weighted by atomic mass is 9.93. The predicted molar refractivity (Wildman–Crippen MR) is 139 cm³/mol. The summed E-state index contributed by atoms with van der Waals surface area (Å²) in [5.74, 6) is -2.25. The van der Waals surface area contributed by atoms with Gasteiger partial charge in [0, 0.05) is 42.5 Å². The minimum atomic E-state index is -1.07. The Morgan fingerprint density at radius 3 is 2.35 bits per heavy atom. The Labute approximate surface area is 217 Å². The number of aromatic amines is 1. The Balaban J connectivity index is 1.69. The van der Waals surface area contributed by atoms with Crippen LogP contribution < -0.4 is 10.6 Å². The van der Waals surface area contributed by atoms with Gasteiger partial charge >= 0.3 is 12.1 Å². The number of fused-ring (bicyclic) bond motifs is 1. The van der Waals surface area contributed by atoms with E-state index in [1.54, 1.807) is 39.5 Å². The highest BCUT2D eigenvalue weighted by molar-refractivity contribution is 5.89. The standard InChI is InChI=1S/C27H38N4O6/c1-16(2)22(25(34)35)30-23(32)17-10-12-31(13-11-17)24(33)21(29-26(36)37-27(3,4)5)14-18-15-28-20-9-7-6-8-19(18)20/h6-9,15-17,21-22,28H,10-14H2,1-5H3,(H,29,36)(H,30,32)(H,34,35)/t21-,22-/m0/s1. The molecule has 4 N–H and O–H groups in total. The number of carbonyl (C=O) groups is 4. The molecule has 10 heteroatoms. The second kappa shape index (κ2) is 11.7. The zero-order valence-corrected chi connectivity index (χ0v) is 22.2. The molecule has 1 aromatic carbocycles. The number of para-hydroxylation sites is 1. The van der Waals surface area contributed by atoms with E-state index >= 15 is 0 Å². The van der Waals surface area contributed by atoms with Gasteiger partial charge < -0.3 is 30.4 Å². The molecular formula is C27H38N4O6. The summed E-state index contributed by atoms with van der Waals surface area (Å²) >= 11 is 0. The number of carbonyl (C=O) groups excluding carboxylic acids is 3. The van der Waals surface area contributed by atoms with E-state index in [1.807, 2.05) is 30.5 Å². The van der Waals surface area contributed by atoms with Crippen LogP contribution >= 0.6 is 0 Å². The van der Waals surface area contributed by atoms with Crippen molar-refractivity contribution < 1.29 is 29.0 Å². The van der Waals surface area contributed by atoms with Gasteiger partial charge in [-0.3, -0.25) is 9.59 Å². The summed E-state index contributed by atoms with van der Waals surface area (Å²) in [6.07, 6.45) is 2.26. The lowest BCUT2D eigenvalue weighted by molar-refractivity contribution is -0.144. The molecule has 0 saturated carbocycles. The van der Waals surface area contributed by atoms with E-state index in [9.17, 15) is 24.3 Å². The van der Waals surface area contributed by atoms with E-state index in [2.05, 4.69) is 15.6 Å². The number of aromatic nitrogens is 1. The van der Waals surface area contributed by atoms with Gasteiger partial charge in [-0.25, -0.2) is 9.59 Å². The zero-order chi connectivity index (χ0) is 27.3. The van der Waals surface area contributed by atoms with Gasteiger partial charge in [-0.05, 0) is 51.2 Å². The van der Waals surface area contributed by atoms with Crippen LogP contribution in [0.15, 0.2) is 30.5 Å². The van der Waals surface area contributed by atoms with E-state index in [1.165, 1.54) is 0 Å². The summed E-state index contributed by atoms with van der Waals surface area (Å²) in [4.78, 5) is 55.1. The Morgan fingerprint density at radius 1 is 1.11 bits per heavy atom. The van der Waals surface area contributed by atoms with Crippen LogP contribution in [0.2, 0.25) is 0 Å². The third-order valence-corrected chi connectivity index (χ3v) is 6.50. The Kier molecular flexibility index (Phi) is 8.83. The molecule has 2 aromatic rings. The monoisotopic (exact) mass is 514 g/mol. The number of aliphatic carboxylic acids is 1. The number of carboxylic acid groups (broad SMARTS) is 1. The van der Waals surface area contributed by atoms with Crippen LogP contribution in [0, 0.1) is 11.8 Å². The first-order valence-corrected chi connectivity index (χ1v) is 12.7. The molecule has 0 aliphatic carbocycles. The number of ether oxygens (including phenoxy) is 1. The van der Waals surface area contributed by atoms with Crippen molar-refractivity contribution in [3.8, 4) is 0 Å². The van der Waals surface area contributed by atoms with Crippen LogP contribution in [-0.4, -0.2) is 69.6 Å². The minimum absolute atomic E-state index is 0.243. The van der Waals surface area contributed by atoms with Crippen molar-refractivity contribution in [2.75, 3.05) is 13.1 Å². The van der Waals surface area contributed by atoms with Gasteiger partial charge in [0.2, 0.25) is 11.8 Å². The molecule has 2 atom stereocenters. The third kappa shape index (κ3) is 7.47. The van der Waals surface area contributed by atoms with Crippen LogP contribution in [0.25, 0.3) is 10.9 Å². The Bertz CT molecular complexity index is 1130. The summed E-state index contributed by atoms with van der Waals surface area (Å²) in [7, 11) is 0. The molecule has 1 aromatic heterocycles. The number of alkyl carbamates (subject to hydrolysis) is 1. The molecule has 1 saturated heterocycles. The molecule has 0 bridgehead atoms. The lowest BCUT2D eigenvalue weighted by Crippen LogP contribution is -2.54. The maximum Gasteiger partial charge on any atom is 0.408 e. The quantitative estimate of drug-likeness (QED) is 0.427.